The summed E-state index contributed by atoms with van der Waals surface area (Å²) in [6, 6.07) is 18.0. The summed E-state index contributed by atoms with van der Waals surface area (Å²) in [4.78, 5) is 23.0. The Kier molecular flexibility index (Phi) is 7.06. The van der Waals surface area contributed by atoms with Crippen molar-refractivity contribution in [2.75, 3.05) is 49.6 Å². The fraction of sp³-hybridized carbons (Fsp3) is 0.355. The van der Waals surface area contributed by atoms with Gasteiger partial charge in [-0.1, -0.05) is 48.0 Å². The van der Waals surface area contributed by atoms with E-state index < -0.39 is 0 Å². The molecule has 1 N–H and O–H groups in total. The molecule has 6 rings (SSSR count). The highest BCUT2D eigenvalue weighted by Crippen LogP contribution is 2.35. The number of aryl methyl sites for hydroxylation is 1. The summed E-state index contributed by atoms with van der Waals surface area (Å²) in [6.07, 6.45) is 0. The van der Waals surface area contributed by atoms with Crippen LogP contribution in [0.15, 0.2) is 63.8 Å². The molecule has 7 nitrogen and oxygen atoms in total. The Balaban J connectivity index is 1.34. The van der Waals surface area contributed by atoms with E-state index in [1.165, 1.54) is 0 Å². The van der Waals surface area contributed by atoms with E-state index in [9.17, 15) is 4.79 Å². The lowest BCUT2D eigenvalue weighted by Gasteiger charge is -2.43. The number of piperazine rings is 1. The Hall–Kier alpha value is -3.39. The highest BCUT2D eigenvalue weighted by molar-refractivity contribution is 6.29. The number of ether oxygens (including phenoxy) is 1. The summed E-state index contributed by atoms with van der Waals surface area (Å²) >= 11 is 6.36. The minimum atomic E-state index is -0.156. The monoisotopic (exact) mass is 544 g/mol. The van der Waals surface area contributed by atoms with Gasteiger partial charge in [-0.05, 0) is 44.5 Å². The highest BCUT2D eigenvalue weighted by atomic mass is 35.5. The van der Waals surface area contributed by atoms with Crippen LogP contribution in [0.3, 0.4) is 0 Å². The molecule has 0 aliphatic carbocycles. The lowest BCUT2D eigenvalue weighted by molar-refractivity contribution is -0.0660. The first-order chi connectivity index (χ1) is 18.9. The maximum atomic E-state index is 13.5. The molecule has 0 bridgehead atoms. The van der Waals surface area contributed by atoms with Crippen molar-refractivity contribution < 1.29 is 9.15 Å². The maximum Gasteiger partial charge on any atom is 0.196 e. The number of hydrogen-bond donors (Lipinski definition) is 1. The van der Waals surface area contributed by atoms with Crippen molar-refractivity contribution in [3.05, 3.63) is 86.7 Å². The minimum Gasteiger partial charge on any atom is -0.455 e. The summed E-state index contributed by atoms with van der Waals surface area (Å²) < 4.78 is 11.9. The number of pyridine rings is 1. The van der Waals surface area contributed by atoms with Gasteiger partial charge in [-0.2, -0.15) is 0 Å². The number of nitrogens with one attached hydrogen (secondary N) is 1. The molecule has 0 saturated carbocycles. The number of aromatic nitrogens is 1. The fourth-order valence-electron chi connectivity index (χ4n) is 5.58. The van der Waals surface area contributed by atoms with Crippen LogP contribution in [0.25, 0.3) is 22.3 Å². The molecule has 2 aromatic heterocycles. The molecule has 0 amide bonds. The first kappa shape index (κ1) is 25.9. The molecule has 2 fully saturated rings. The Morgan fingerprint density at radius 3 is 2.46 bits per heavy atom. The van der Waals surface area contributed by atoms with Gasteiger partial charge in [0.2, 0.25) is 0 Å². The molecule has 1 atom stereocenters. The Morgan fingerprint density at radius 2 is 1.77 bits per heavy atom. The molecule has 2 aliphatic heterocycles. The van der Waals surface area contributed by atoms with Gasteiger partial charge in [0, 0.05) is 42.9 Å². The number of halogens is 1. The molecular formula is C31H33ClN4O3. The second-order valence-corrected chi connectivity index (χ2v) is 11.0. The molecule has 39 heavy (non-hydrogen) atoms. The van der Waals surface area contributed by atoms with E-state index in [0.717, 1.165) is 67.6 Å². The highest BCUT2D eigenvalue weighted by Gasteiger charge is 2.30. The number of rotatable bonds is 6. The molecule has 8 heteroatoms. The molecule has 4 aromatic rings. The quantitative estimate of drug-likeness (QED) is 0.307. The van der Waals surface area contributed by atoms with Crippen LogP contribution in [0.4, 0.5) is 11.5 Å². The molecular weight excluding hydrogens is 512 g/mol. The van der Waals surface area contributed by atoms with E-state index in [4.69, 9.17) is 25.7 Å². The second-order valence-electron chi connectivity index (χ2n) is 10.6. The van der Waals surface area contributed by atoms with Crippen molar-refractivity contribution in [2.45, 2.75) is 32.9 Å². The average molecular weight is 545 g/mol. The van der Waals surface area contributed by atoms with Gasteiger partial charge in [0.05, 0.1) is 36.4 Å². The van der Waals surface area contributed by atoms with Crippen molar-refractivity contribution in [1.29, 1.82) is 0 Å². The summed E-state index contributed by atoms with van der Waals surface area (Å²) in [5.74, 6) is 1.45. The predicted molar refractivity (Wildman–Crippen MR) is 157 cm³/mol. The van der Waals surface area contributed by atoms with E-state index >= 15 is 0 Å². The number of anilines is 2. The first-order valence-electron chi connectivity index (χ1n) is 13.5. The lowest BCUT2D eigenvalue weighted by Crippen LogP contribution is -2.56. The van der Waals surface area contributed by atoms with Gasteiger partial charge >= 0.3 is 0 Å². The second kappa shape index (κ2) is 10.6. The third kappa shape index (κ3) is 5.02. The largest absolute Gasteiger partial charge is 0.455 e. The molecule has 2 aliphatic rings. The summed E-state index contributed by atoms with van der Waals surface area (Å²) in [7, 11) is 0. The molecule has 0 spiro atoms. The van der Waals surface area contributed by atoms with E-state index in [1.54, 1.807) is 0 Å². The fourth-order valence-corrected chi connectivity index (χ4v) is 5.72. The van der Waals surface area contributed by atoms with E-state index in [0.29, 0.717) is 33.5 Å². The maximum absolute atomic E-state index is 13.5. The zero-order valence-electron chi connectivity index (χ0n) is 22.5. The zero-order valence-corrected chi connectivity index (χ0v) is 23.3. The normalized spacial score (nSPS) is 17.3. The zero-order chi connectivity index (χ0) is 27.1. The van der Waals surface area contributed by atoms with Gasteiger partial charge in [0.15, 0.2) is 11.2 Å². The lowest BCUT2D eigenvalue weighted by atomic mass is 9.99. The topological polar surface area (TPSA) is 70.8 Å². The van der Waals surface area contributed by atoms with Gasteiger partial charge < -0.3 is 19.4 Å². The Labute approximate surface area is 233 Å². The molecule has 4 heterocycles. The standard InChI is InChI=1S/C31H33ClN4O3/c1-19-15-24(30-25(16-19)28(37)20(2)29(39-30)22-7-5-4-6-8-22)21(3)33-26-9-10-27(32)34-31(26)36-13-11-35(12-14-36)23-17-38-18-23/h4-10,15-16,21,23,33H,11-14,17-18H2,1-3H3/t21-/m1/s1. The van der Waals surface area contributed by atoms with Crippen LogP contribution in [0.2, 0.25) is 5.15 Å². The van der Waals surface area contributed by atoms with Crippen LogP contribution in [-0.2, 0) is 4.74 Å². The van der Waals surface area contributed by atoms with Gasteiger partial charge in [0.1, 0.15) is 16.5 Å². The third-order valence-electron chi connectivity index (χ3n) is 7.86. The van der Waals surface area contributed by atoms with Gasteiger partial charge in [-0.25, -0.2) is 4.98 Å². The number of nitrogens with zero attached hydrogens (tertiary/aromatic N) is 3. The molecule has 2 aromatic carbocycles. The van der Waals surface area contributed by atoms with E-state index in [-0.39, 0.29) is 11.5 Å². The summed E-state index contributed by atoms with van der Waals surface area (Å²) in [5, 5.41) is 4.73. The van der Waals surface area contributed by atoms with Crippen LogP contribution in [-0.4, -0.2) is 55.3 Å². The van der Waals surface area contributed by atoms with Crippen LogP contribution < -0.4 is 15.6 Å². The average Bonchev–Trinajstić information content (AvgIpc) is 2.91. The van der Waals surface area contributed by atoms with Gasteiger partial charge in [0.25, 0.3) is 0 Å². The van der Waals surface area contributed by atoms with Crippen molar-refractivity contribution in [2.24, 2.45) is 0 Å². The molecule has 2 saturated heterocycles. The van der Waals surface area contributed by atoms with Crippen molar-refractivity contribution in [3.8, 4) is 11.3 Å². The van der Waals surface area contributed by atoms with Crippen LogP contribution in [0, 0.1) is 13.8 Å². The molecule has 0 radical (unpaired) electrons. The van der Waals surface area contributed by atoms with E-state index in [2.05, 4.69) is 28.1 Å². The molecule has 0 unspecified atom stereocenters. The number of benzene rings is 2. The van der Waals surface area contributed by atoms with Crippen molar-refractivity contribution >= 4 is 34.1 Å². The van der Waals surface area contributed by atoms with Gasteiger partial charge in [-0.15, -0.1) is 0 Å². The minimum absolute atomic E-state index is 0.00386. The Bertz CT molecular complexity index is 1560. The number of fused-ring (bicyclic) bond motifs is 1. The third-order valence-corrected chi connectivity index (χ3v) is 8.07. The van der Waals surface area contributed by atoms with Crippen LogP contribution >= 0.6 is 11.6 Å². The van der Waals surface area contributed by atoms with Crippen molar-refractivity contribution in [3.63, 3.8) is 0 Å². The van der Waals surface area contributed by atoms with Crippen LogP contribution in [0.1, 0.15) is 29.7 Å². The smallest absolute Gasteiger partial charge is 0.196 e. The van der Waals surface area contributed by atoms with Crippen molar-refractivity contribution in [1.82, 2.24) is 9.88 Å². The summed E-state index contributed by atoms with van der Waals surface area (Å²) in [6.45, 7) is 11.3. The molecule has 202 valence electrons. The SMILES string of the molecule is Cc1cc([C@@H](C)Nc2ccc(Cl)nc2N2CCN(C3COC3)CC2)c2oc(-c3ccccc3)c(C)c(=O)c2c1. The van der Waals surface area contributed by atoms with Crippen LogP contribution in [0.5, 0.6) is 0 Å². The summed E-state index contributed by atoms with van der Waals surface area (Å²) in [5.41, 5.74) is 4.94. The Morgan fingerprint density at radius 1 is 1.03 bits per heavy atom. The number of hydrogen-bond acceptors (Lipinski definition) is 7. The predicted octanol–water partition coefficient (Wildman–Crippen LogP) is 5.82. The first-order valence-corrected chi connectivity index (χ1v) is 13.9. The van der Waals surface area contributed by atoms with E-state index in [1.807, 2.05) is 62.4 Å². The van der Waals surface area contributed by atoms with Gasteiger partial charge in [-0.3, -0.25) is 9.69 Å².